The van der Waals surface area contributed by atoms with Gasteiger partial charge in [0.1, 0.15) is 11.6 Å². The van der Waals surface area contributed by atoms with Crippen molar-refractivity contribution in [1.29, 1.82) is 0 Å². The molecular formula is C13H19FN2O2. The van der Waals surface area contributed by atoms with Gasteiger partial charge in [-0.1, -0.05) is 0 Å². The maximum absolute atomic E-state index is 13.4. The molecule has 1 atom stereocenters. The maximum Gasteiger partial charge on any atom is 0.124 e. The molecule has 1 aliphatic heterocycles. The highest BCUT2D eigenvalue weighted by molar-refractivity contribution is 5.42. The summed E-state index contributed by atoms with van der Waals surface area (Å²) in [6.07, 6.45) is 0. The molecule has 0 aliphatic carbocycles. The molecule has 1 heterocycles. The third kappa shape index (κ3) is 2.63. The molecule has 0 amide bonds. The molecule has 0 radical (unpaired) electrons. The highest BCUT2D eigenvalue weighted by atomic mass is 19.1. The molecule has 0 saturated carbocycles. The van der Waals surface area contributed by atoms with Gasteiger partial charge in [-0.2, -0.15) is 0 Å². The number of phenols is 1. The first-order valence-electron chi connectivity index (χ1n) is 6.18. The average Bonchev–Trinajstić information content (AvgIpc) is 2.37. The van der Waals surface area contributed by atoms with Gasteiger partial charge in [0.2, 0.25) is 0 Å². The van der Waals surface area contributed by atoms with E-state index in [1.165, 1.54) is 12.1 Å². The number of aliphatic hydroxyl groups is 1. The van der Waals surface area contributed by atoms with Crippen LogP contribution in [0.5, 0.6) is 5.75 Å². The quantitative estimate of drug-likeness (QED) is 0.746. The predicted octanol–water partition coefficient (Wildman–Crippen LogP) is 0.778. The van der Waals surface area contributed by atoms with E-state index in [-0.39, 0.29) is 24.2 Å². The molecule has 0 aromatic heterocycles. The molecular weight excluding hydrogens is 235 g/mol. The van der Waals surface area contributed by atoms with E-state index in [4.69, 9.17) is 0 Å². The van der Waals surface area contributed by atoms with Gasteiger partial charge in [-0.25, -0.2) is 4.39 Å². The average molecular weight is 254 g/mol. The molecule has 3 N–H and O–H groups in total. The Kier molecular flexibility index (Phi) is 4.16. The molecule has 0 bridgehead atoms. The van der Waals surface area contributed by atoms with Crippen LogP contribution in [-0.2, 0) is 0 Å². The Balaban J connectivity index is 2.31. The van der Waals surface area contributed by atoms with Crippen LogP contribution in [-0.4, -0.2) is 47.9 Å². The van der Waals surface area contributed by atoms with Crippen LogP contribution < -0.4 is 5.32 Å². The van der Waals surface area contributed by atoms with Crippen LogP contribution in [0.1, 0.15) is 17.2 Å². The van der Waals surface area contributed by atoms with Gasteiger partial charge in [0.25, 0.3) is 0 Å². The first-order chi connectivity index (χ1) is 8.63. The third-order valence-corrected chi connectivity index (χ3v) is 3.42. The topological polar surface area (TPSA) is 55.7 Å². The molecule has 0 spiro atoms. The van der Waals surface area contributed by atoms with Crippen molar-refractivity contribution in [2.75, 3.05) is 32.8 Å². The molecule has 1 fully saturated rings. The van der Waals surface area contributed by atoms with Crippen molar-refractivity contribution < 1.29 is 14.6 Å². The minimum absolute atomic E-state index is 0.0778. The van der Waals surface area contributed by atoms with Crippen molar-refractivity contribution in [1.82, 2.24) is 10.2 Å². The molecule has 18 heavy (non-hydrogen) atoms. The minimum atomic E-state index is -0.381. The largest absolute Gasteiger partial charge is 0.507 e. The number of rotatable bonds is 3. The molecule has 0 unspecified atom stereocenters. The van der Waals surface area contributed by atoms with Crippen molar-refractivity contribution in [2.45, 2.75) is 13.0 Å². The number of nitrogens with one attached hydrogen (secondary N) is 1. The Morgan fingerprint density at radius 1 is 1.39 bits per heavy atom. The summed E-state index contributed by atoms with van der Waals surface area (Å²) in [4.78, 5) is 2.06. The molecule has 1 aromatic rings. The summed E-state index contributed by atoms with van der Waals surface area (Å²) >= 11 is 0. The fourth-order valence-electron chi connectivity index (χ4n) is 2.42. The number of halogens is 1. The zero-order valence-electron chi connectivity index (χ0n) is 10.5. The standard InChI is InChI=1S/C13H19FN2O2/c1-9-6-10(14)7-11(13(9)18)12(8-17)16-4-2-15-3-5-16/h6-7,12,15,17-18H,2-5,8H2,1H3/t12-/m1/s1. The number of aromatic hydroxyl groups is 1. The summed E-state index contributed by atoms with van der Waals surface area (Å²) < 4.78 is 13.4. The maximum atomic E-state index is 13.4. The number of aliphatic hydroxyl groups excluding tert-OH is 1. The summed E-state index contributed by atoms with van der Waals surface area (Å²) in [6, 6.07) is 2.26. The first kappa shape index (κ1) is 13.3. The second-order valence-electron chi connectivity index (χ2n) is 4.64. The van der Waals surface area contributed by atoms with E-state index < -0.39 is 0 Å². The Bertz CT molecular complexity index is 420. The number of piperazine rings is 1. The predicted molar refractivity (Wildman–Crippen MR) is 67.1 cm³/mol. The van der Waals surface area contributed by atoms with E-state index >= 15 is 0 Å². The first-order valence-corrected chi connectivity index (χ1v) is 6.18. The second-order valence-corrected chi connectivity index (χ2v) is 4.64. The highest BCUT2D eigenvalue weighted by Crippen LogP contribution is 2.32. The lowest BCUT2D eigenvalue weighted by Crippen LogP contribution is -2.46. The lowest BCUT2D eigenvalue weighted by atomic mass is 10.0. The van der Waals surface area contributed by atoms with Crippen molar-refractivity contribution in [3.63, 3.8) is 0 Å². The van der Waals surface area contributed by atoms with Gasteiger partial charge in [-0.3, -0.25) is 4.90 Å². The fraction of sp³-hybridized carbons (Fsp3) is 0.538. The van der Waals surface area contributed by atoms with Crippen LogP contribution >= 0.6 is 0 Å². The van der Waals surface area contributed by atoms with Crippen LogP contribution in [0.3, 0.4) is 0 Å². The molecule has 100 valence electrons. The van der Waals surface area contributed by atoms with E-state index in [0.717, 1.165) is 26.2 Å². The molecule has 1 saturated heterocycles. The van der Waals surface area contributed by atoms with Gasteiger partial charge in [-0.05, 0) is 24.6 Å². The molecule has 5 heteroatoms. The van der Waals surface area contributed by atoms with E-state index in [1.807, 2.05) is 0 Å². The minimum Gasteiger partial charge on any atom is -0.507 e. The van der Waals surface area contributed by atoms with Gasteiger partial charge in [0.15, 0.2) is 0 Å². The zero-order valence-corrected chi connectivity index (χ0v) is 10.5. The van der Waals surface area contributed by atoms with Crippen LogP contribution in [0, 0.1) is 12.7 Å². The smallest absolute Gasteiger partial charge is 0.124 e. The lowest BCUT2D eigenvalue weighted by Gasteiger charge is -2.34. The van der Waals surface area contributed by atoms with E-state index in [0.29, 0.717) is 11.1 Å². The summed E-state index contributed by atoms with van der Waals surface area (Å²) in [5, 5.41) is 22.8. The van der Waals surface area contributed by atoms with Gasteiger partial charge in [0, 0.05) is 31.7 Å². The van der Waals surface area contributed by atoms with Gasteiger partial charge in [-0.15, -0.1) is 0 Å². The molecule has 4 nitrogen and oxygen atoms in total. The SMILES string of the molecule is Cc1cc(F)cc([C@@H](CO)N2CCNCC2)c1O. The van der Waals surface area contributed by atoms with Gasteiger partial charge >= 0.3 is 0 Å². The summed E-state index contributed by atoms with van der Waals surface area (Å²) in [7, 11) is 0. The third-order valence-electron chi connectivity index (χ3n) is 3.42. The van der Waals surface area contributed by atoms with Crippen LogP contribution in [0.15, 0.2) is 12.1 Å². The van der Waals surface area contributed by atoms with Crippen molar-refractivity contribution in [2.24, 2.45) is 0 Å². The summed E-state index contributed by atoms with van der Waals surface area (Å²) in [5.41, 5.74) is 0.968. The van der Waals surface area contributed by atoms with E-state index in [1.54, 1.807) is 6.92 Å². The Labute approximate surface area is 106 Å². The van der Waals surface area contributed by atoms with E-state index in [9.17, 15) is 14.6 Å². The second kappa shape index (κ2) is 5.65. The zero-order chi connectivity index (χ0) is 13.1. The molecule has 2 rings (SSSR count). The summed E-state index contributed by atoms with van der Waals surface area (Å²) in [6.45, 7) is 4.77. The Hall–Kier alpha value is -1.17. The van der Waals surface area contributed by atoms with Crippen LogP contribution in [0.4, 0.5) is 4.39 Å². The fourth-order valence-corrected chi connectivity index (χ4v) is 2.42. The Morgan fingerprint density at radius 2 is 2.06 bits per heavy atom. The Morgan fingerprint density at radius 3 is 2.67 bits per heavy atom. The number of hydrogen-bond acceptors (Lipinski definition) is 4. The van der Waals surface area contributed by atoms with Gasteiger partial charge < -0.3 is 15.5 Å². The van der Waals surface area contributed by atoms with Crippen molar-refractivity contribution >= 4 is 0 Å². The van der Waals surface area contributed by atoms with E-state index in [2.05, 4.69) is 10.2 Å². The number of nitrogens with zero attached hydrogens (tertiary/aromatic N) is 1. The lowest BCUT2D eigenvalue weighted by molar-refractivity contribution is 0.108. The van der Waals surface area contributed by atoms with Crippen LogP contribution in [0.25, 0.3) is 0 Å². The molecule has 1 aliphatic rings. The van der Waals surface area contributed by atoms with Crippen LogP contribution in [0.2, 0.25) is 0 Å². The molecule has 1 aromatic carbocycles. The number of benzene rings is 1. The number of phenolic OH excluding ortho intramolecular Hbond substituents is 1. The highest BCUT2D eigenvalue weighted by Gasteiger charge is 2.25. The van der Waals surface area contributed by atoms with Crippen molar-refractivity contribution in [3.8, 4) is 5.75 Å². The summed E-state index contributed by atoms with van der Waals surface area (Å²) in [5.74, 6) is -0.303. The normalized spacial score (nSPS) is 18.8. The number of hydrogen-bond donors (Lipinski definition) is 3. The van der Waals surface area contributed by atoms with Crippen molar-refractivity contribution in [3.05, 3.63) is 29.1 Å². The van der Waals surface area contributed by atoms with Gasteiger partial charge in [0.05, 0.1) is 12.6 Å². The number of aryl methyl sites for hydroxylation is 1. The monoisotopic (exact) mass is 254 g/mol.